The highest BCUT2D eigenvalue weighted by molar-refractivity contribution is 4.51. The fourth-order valence-corrected chi connectivity index (χ4v) is 3.47. The van der Waals surface area contributed by atoms with Crippen LogP contribution in [0.4, 0.5) is 0 Å². The van der Waals surface area contributed by atoms with E-state index >= 15 is 0 Å². The summed E-state index contributed by atoms with van der Waals surface area (Å²) in [6.45, 7) is 7.23. The van der Waals surface area contributed by atoms with Gasteiger partial charge in [0, 0.05) is 13.2 Å². The summed E-state index contributed by atoms with van der Waals surface area (Å²) in [6, 6.07) is 0. The van der Waals surface area contributed by atoms with Gasteiger partial charge in [0.1, 0.15) is 0 Å². The Hall–Kier alpha value is -0.120. The van der Waals surface area contributed by atoms with E-state index in [4.69, 9.17) is 10.5 Å². The van der Waals surface area contributed by atoms with E-state index in [2.05, 4.69) is 12.2 Å². The average Bonchev–Trinajstić information content (AvgIpc) is 2.68. The predicted octanol–water partition coefficient (Wildman–Crippen LogP) is 6.59. The summed E-state index contributed by atoms with van der Waals surface area (Å²) in [5, 5.41) is 3.47. The van der Waals surface area contributed by atoms with Gasteiger partial charge in [0.2, 0.25) is 0 Å². The molecule has 0 unspecified atom stereocenters. The standard InChI is InChI=1S/C24H52N2O/c1-2-3-4-5-6-7-8-9-10-11-12-13-14-18-23-27-24-19-17-22-26-21-16-15-20-25/h26H,2-25H2,1H3. The summed E-state index contributed by atoms with van der Waals surface area (Å²) < 4.78 is 5.74. The fraction of sp³-hybridized carbons (Fsp3) is 1.00. The lowest BCUT2D eigenvalue weighted by Crippen LogP contribution is -2.18. The number of rotatable bonds is 24. The van der Waals surface area contributed by atoms with E-state index in [-0.39, 0.29) is 0 Å². The lowest BCUT2D eigenvalue weighted by Gasteiger charge is -2.06. The van der Waals surface area contributed by atoms with Crippen LogP contribution in [0.15, 0.2) is 0 Å². The normalized spacial score (nSPS) is 11.3. The molecular formula is C24H52N2O. The molecule has 0 bridgehead atoms. The molecule has 0 rings (SSSR count). The van der Waals surface area contributed by atoms with Crippen molar-refractivity contribution >= 4 is 0 Å². The molecule has 0 spiro atoms. The third-order valence-electron chi connectivity index (χ3n) is 5.34. The van der Waals surface area contributed by atoms with Gasteiger partial charge in [0.15, 0.2) is 0 Å². The molecule has 0 aliphatic carbocycles. The summed E-state index contributed by atoms with van der Waals surface area (Å²) in [5.74, 6) is 0. The molecule has 0 aliphatic heterocycles. The van der Waals surface area contributed by atoms with Gasteiger partial charge in [-0.1, -0.05) is 90.4 Å². The van der Waals surface area contributed by atoms with Crippen LogP contribution in [0, 0.1) is 0 Å². The molecule has 0 atom stereocenters. The van der Waals surface area contributed by atoms with Gasteiger partial charge >= 0.3 is 0 Å². The summed E-state index contributed by atoms with van der Waals surface area (Å²) in [6.07, 6.45) is 24.6. The van der Waals surface area contributed by atoms with Gasteiger partial charge in [-0.2, -0.15) is 0 Å². The van der Waals surface area contributed by atoms with Crippen LogP contribution in [0.25, 0.3) is 0 Å². The zero-order valence-corrected chi connectivity index (χ0v) is 18.7. The Kier molecular flexibility index (Phi) is 25.8. The highest BCUT2D eigenvalue weighted by Gasteiger charge is 1.95. The molecule has 0 fully saturated rings. The maximum atomic E-state index is 5.74. The van der Waals surface area contributed by atoms with Gasteiger partial charge in [-0.15, -0.1) is 0 Å². The average molecular weight is 385 g/mol. The summed E-state index contributed by atoms with van der Waals surface area (Å²) in [7, 11) is 0. The number of hydrogen-bond acceptors (Lipinski definition) is 3. The Bertz CT molecular complexity index is 225. The van der Waals surface area contributed by atoms with Crippen molar-refractivity contribution in [2.45, 2.75) is 122 Å². The van der Waals surface area contributed by atoms with E-state index < -0.39 is 0 Å². The Morgan fingerprint density at radius 2 is 0.926 bits per heavy atom. The van der Waals surface area contributed by atoms with Crippen LogP contribution in [-0.2, 0) is 4.74 Å². The van der Waals surface area contributed by atoms with Gasteiger partial charge in [0.05, 0.1) is 0 Å². The first-order chi connectivity index (χ1) is 13.4. The van der Waals surface area contributed by atoms with Crippen LogP contribution in [-0.4, -0.2) is 32.8 Å². The Morgan fingerprint density at radius 3 is 1.41 bits per heavy atom. The van der Waals surface area contributed by atoms with Crippen molar-refractivity contribution in [2.24, 2.45) is 5.73 Å². The SMILES string of the molecule is CCCCCCCCCCCCCCCCOCCCCNCCCCN. The van der Waals surface area contributed by atoms with Crippen molar-refractivity contribution in [3.05, 3.63) is 0 Å². The molecule has 3 heteroatoms. The third kappa shape index (κ3) is 25.9. The van der Waals surface area contributed by atoms with Crippen molar-refractivity contribution in [1.82, 2.24) is 5.32 Å². The van der Waals surface area contributed by atoms with Crippen molar-refractivity contribution in [1.29, 1.82) is 0 Å². The van der Waals surface area contributed by atoms with Crippen molar-refractivity contribution in [3.63, 3.8) is 0 Å². The number of nitrogens with one attached hydrogen (secondary N) is 1. The topological polar surface area (TPSA) is 47.3 Å². The minimum absolute atomic E-state index is 0.814. The summed E-state index contributed by atoms with van der Waals surface area (Å²) in [4.78, 5) is 0. The van der Waals surface area contributed by atoms with Crippen LogP contribution in [0.3, 0.4) is 0 Å². The number of hydrogen-bond donors (Lipinski definition) is 2. The molecule has 0 saturated heterocycles. The van der Waals surface area contributed by atoms with E-state index in [1.807, 2.05) is 0 Å². The van der Waals surface area contributed by atoms with E-state index in [1.54, 1.807) is 0 Å². The van der Waals surface area contributed by atoms with E-state index in [9.17, 15) is 0 Å². The van der Waals surface area contributed by atoms with Crippen molar-refractivity contribution in [2.75, 3.05) is 32.8 Å². The van der Waals surface area contributed by atoms with E-state index in [1.165, 1.54) is 109 Å². The summed E-state index contributed by atoms with van der Waals surface area (Å²) in [5.41, 5.74) is 5.48. The molecule has 0 saturated carbocycles. The first-order valence-corrected chi connectivity index (χ1v) is 12.4. The monoisotopic (exact) mass is 384 g/mol. The van der Waals surface area contributed by atoms with E-state index in [0.717, 1.165) is 39.3 Å². The minimum atomic E-state index is 0.814. The highest BCUT2D eigenvalue weighted by atomic mass is 16.5. The molecule has 27 heavy (non-hydrogen) atoms. The zero-order chi connectivity index (χ0) is 19.7. The van der Waals surface area contributed by atoms with E-state index in [0.29, 0.717) is 0 Å². The van der Waals surface area contributed by atoms with Gasteiger partial charge in [-0.05, 0) is 51.7 Å². The number of nitrogens with two attached hydrogens (primary N) is 1. The molecule has 0 radical (unpaired) electrons. The maximum Gasteiger partial charge on any atom is 0.0466 e. The Balaban J connectivity index is 2.95. The first kappa shape index (κ1) is 26.9. The first-order valence-electron chi connectivity index (χ1n) is 12.4. The molecule has 164 valence electrons. The van der Waals surface area contributed by atoms with Gasteiger partial charge in [-0.3, -0.25) is 0 Å². The Labute approximate surface area is 171 Å². The van der Waals surface area contributed by atoms with Gasteiger partial charge < -0.3 is 15.8 Å². The number of unbranched alkanes of at least 4 members (excludes halogenated alkanes) is 15. The lowest BCUT2D eigenvalue weighted by atomic mass is 10.0. The molecule has 0 aromatic heterocycles. The smallest absolute Gasteiger partial charge is 0.0466 e. The molecule has 0 amide bonds. The highest BCUT2D eigenvalue weighted by Crippen LogP contribution is 2.12. The second kappa shape index (κ2) is 25.9. The van der Waals surface area contributed by atoms with Crippen LogP contribution < -0.4 is 11.1 Å². The van der Waals surface area contributed by atoms with Crippen LogP contribution >= 0.6 is 0 Å². The zero-order valence-electron chi connectivity index (χ0n) is 18.7. The van der Waals surface area contributed by atoms with Crippen LogP contribution in [0.1, 0.15) is 122 Å². The van der Waals surface area contributed by atoms with Crippen molar-refractivity contribution in [3.8, 4) is 0 Å². The third-order valence-corrected chi connectivity index (χ3v) is 5.34. The lowest BCUT2D eigenvalue weighted by molar-refractivity contribution is 0.126. The van der Waals surface area contributed by atoms with Crippen LogP contribution in [0.5, 0.6) is 0 Å². The number of ether oxygens (including phenoxy) is 1. The van der Waals surface area contributed by atoms with Gasteiger partial charge in [-0.25, -0.2) is 0 Å². The molecule has 3 nitrogen and oxygen atoms in total. The second-order valence-electron chi connectivity index (χ2n) is 8.16. The second-order valence-corrected chi connectivity index (χ2v) is 8.16. The maximum absolute atomic E-state index is 5.74. The largest absolute Gasteiger partial charge is 0.381 e. The minimum Gasteiger partial charge on any atom is -0.381 e. The summed E-state index contributed by atoms with van der Waals surface area (Å²) >= 11 is 0. The quantitative estimate of drug-likeness (QED) is 0.184. The fourth-order valence-electron chi connectivity index (χ4n) is 3.47. The Morgan fingerprint density at radius 1 is 0.519 bits per heavy atom. The predicted molar refractivity (Wildman–Crippen MR) is 122 cm³/mol. The molecule has 3 N–H and O–H groups in total. The molecule has 0 heterocycles. The van der Waals surface area contributed by atoms with Crippen LogP contribution in [0.2, 0.25) is 0 Å². The molecule has 0 aromatic rings. The molecule has 0 aliphatic rings. The van der Waals surface area contributed by atoms with Crippen molar-refractivity contribution < 1.29 is 4.74 Å². The van der Waals surface area contributed by atoms with Gasteiger partial charge in [0.25, 0.3) is 0 Å². The molecular weight excluding hydrogens is 332 g/mol. The molecule has 0 aromatic carbocycles.